The molecule has 1 N–H and O–H groups in total. The van der Waals surface area contributed by atoms with Crippen molar-refractivity contribution in [3.8, 4) is 0 Å². The molecule has 0 aromatic heterocycles. The van der Waals surface area contributed by atoms with Crippen LogP contribution in [0.25, 0.3) is 0 Å². The Hall–Kier alpha value is -4.27. The minimum atomic E-state index is -0.893. The summed E-state index contributed by atoms with van der Waals surface area (Å²) in [6.07, 6.45) is 64.0. The summed E-state index contributed by atoms with van der Waals surface area (Å²) in [5.74, 6) is -1.60. The minimum Gasteiger partial charge on any atom is -0.477 e. The molecule has 0 fully saturated rings. The molecule has 2 unspecified atom stereocenters. The highest BCUT2D eigenvalue weighted by molar-refractivity contribution is 5.72. The Bertz CT molecular complexity index is 1450. The molecule has 0 saturated heterocycles. The van der Waals surface area contributed by atoms with Gasteiger partial charge >= 0.3 is 17.9 Å². The van der Waals surface area contributed by atoms with Gasteiger partial charge in [-0.3, -0.25) is 9.59 Å². The van der Waals surface area contributed by atoms with Gasteiger partial charge < -0.3 is 23.8 Å². The van der Waals surface area contributed by atoms with E-state index in [1.54, 1.807) is 0 Å². The first-order valence-electron chi connectivity index (χ1n) is 24.6. The molecule has 0 aliphatic rings. The second-order valence-corrected chi connectivity index (χ2v) is 17.0. The Morgan fingerprint density at radius 1 is 0.469 bits per heavy atom. The Balaban J connectivity index is 4.42. The Morgan fingerprint density at radius 2 is 0.859 bits per heavy atom. The lowest BCUT2D eigenvalue weighted by molar-refractivity contribution is -0.887. The Morgan fingerprint density at radius 3 is 1.28 bits per heavy atom. The molecule has 8 nitrogen and oxygen atoms in total. The van der Waals surface area contributed by atoms with Crippen LogP contribution in [0, 0.1) is 0 Å². The van der Waals surface area contributed by atoms with Crippen LogP contribution in [-0.2, 0) is 28.6 Å². The summed E-state index contributed by atoms with van der Waals surface area (Å²) in [5.41, 5.74) is 0. The molecular weight excluding hydrogens is 799 g/mol. The van der Waals surface area contributed by atoms with Gasteiger partial charge in [0.15, 0.2) is 12.1 Å². The van der Waals surface area contributed by atoms with Crippen molar-refractivity contribution in [1.29, 1.82) is 0 Å². The summed E-state index contributed by atoms with van der Waals surface area (Å²) in [6.45, 7) is 4.40. The molecule has 0 spiro atoms. The number of carboxylic acids is 1. The number of carboxylic acid groups (broad SMARTS) is 1. The fourth-order valence-electron chi connectivity index (χ4n) is 6.40. The van der Waals surface area contributed by atoms with E-state index in [2.05, 4.69) is 123 Å². The summed E-state index contributed by atoms with van der Waals surface area (Å²) < 4.78 is 17.2. The van der Waals surface area contributed by atoms with E-state index in [0.717, 1.165) is 89.9 Å². The van der Waals surface area contributed by atoms with Crippen LogP contribution in [0.15, 0.2) is 122 Å². The number of hydrogen-bond acceptors (Lipinski definition) is 6. The van der Waals surface area contributed by atoms with Crippen LogP contribution in [0.1, 0.15) is 162 Å². The minimum absolute atomic E-state index is 0.0197. The van der Waals surface area contributed by atoms with Crippen molar-refractivity contribution in [2.45, 2.75) is 174 Å². The van der Waals surface area contributed by atoms with Gasteiger partial charge in [0.1, 0.15) is 6.61 Å². The smallest absolute Gasteiger partial charge is 0.362 e. The third-order valence-electron chi connectivity index (χ3n) is 10.1. The van der Waals surface area contributed by atoms with Crippen LogP contribution in [0.2, 0.25) is 0 Å². The van der Waals surface area contributed by atoms with Crippen molar-refractivity contribution in [2.75, 3.05) is 41.0 Å². The highest BCUT2D eigenvalue weighted by atomic mass is 16.6. The maximum atomic E-state index is 12.7. The van der Waals surface area contributed by atoms with Gasteiger partial charge in [0.25, 0.3) is 0 Å². The van der Waals surface area contributed by atoms with E-state index in [1.165, 1.54) is 32.1 Å². The van der Waals surface area contributed by atoms with Crippen molar-refractivity contribution in [3.05, 3.63) is 122 Å². The lowest BCUT2D eigenvalue weighted by Crippen LogP contribution is -2.50. The zero-order valence-electron chi connectivity index (χ0n) is 40.9. The molecule has 0 amide bonds. The van der Waals surface area contributed by atoms with E-state index in [0.29, 0.717) is 19.3 Å². The maximum Gasteiger partial charge on any atom is 0.362 e. The predicted molar refractivity (Wildman–Crippen MR) is 270 cm³/mol. The number of unbranched alkanes of at least 4 members (excludes halogenated alkanes) is 8. The average molecular weight is 889 g/mol. The van der Waals surface area contributed by atoms with Gasteiger partial charge in [-0.15, -0.1) is 0 Å². The van der Waals surface area contributed by atoms with Crippen molar-refractivity contribution < 1.29 is 38.2 Å². The van der Waals surface area contributed by atoms with Crippen LogP contribution in [0.4, 0.5) is 0 Å². The molecule has 0 heterocycles. The summed E-state index contributed by atoms with van der Waals surface area (Å²) in [5, 5.41) is 9.65. The number of likely N-dealkylation sites (N-methyl/N-ethyl adjacent to an activating group) is 1. The number of hydrogen-bond donors (Lipinski definition) is 1. The summed E-state index contributed by atoms with van der Waals surface area (Å²) >= 11 is 0. The summed E-state index contributed by atoms with van der Waals surface area (Å²) in [6, 6.07) is -0.637. The predicted octanol–water partition coefficient (Wildman–Crippen LogP) is 14.2. The molecule has 2 atom stereocenters. The number of ether oxygens (including phenoxy) is 3. The molecule has 64 heavy (non-hydrogen) atoms. The quantitative estimate of drug-likeness (QED) is 0.0282. The fraction of sp³-hybridized carbons (Fsp3) is 0.589. The summed E-state index contributed by atoms with van der Waals surface area (Å²) in [4.78, 5) is 37.1. The van der Waals surface area contributed by atoms with Gasteiger partial charge in [0.05, 0.1) is 34.4 Å². The molecule has 0 aliphatic carbocycles. The fourth-order valence-corrected chi connectivity index (χ4v) is 6.40. The van der Waals surface area contributed by atoms with Gasteiger partial charge in [-0.1, -0.05) is 174 Å². The van der Waals surface area contributed by atoms with Crippen molar-refractivity contribution in [2.24, 2.45) is 0 Å². The molecule has 0 aliphatic heterocycles. The third kappa shape index (κ3) is 43.0. The van der Waals surface area contributed by atoms with Crippen molar-refractivity contribution >= 4 is 17.9 Å². The highest BCUT2D eigenvalue weighted by Gasteiger charge is 2.31. The number of nitrogens with zero attached hydrogens (tertiary/aromatic N) is 1. The molecule has 0 saturated carbocycles. The second kappa shape index (κ2) is 45.3. The van der Waals surface area contributed by atoms with E-state index >= 15 is 0 Å². The number of rotatable bonds is 42. The van der Waals surface area contributed by atoms with Gasteiger partial charge in [0.2, 0.25) is 0 Å². The zero-order valence-corrected chi connectivity index (χ0v) is 40.9. The number of carbonyl (C=O) groups is 3. The molecule has 0 radical (unpaired) electrons. The normalized spacial score (nSPS) is 14.0. The number of aliphatic carboxylic acids is 1. The third-order valence-corrected chi connectivity index (χ3v) is 10.1. The largest absolute Gasteiger partial charge is 0.477 e. The van der Waals surface area contributed by atoms with Gasteiger partial charge in [-0.25, -0.2) is 4.79 Å². The molecule has 0 aromatic carbocycles. The SMILES string of the molecule is CC/C=C\C/C=C\C/C=C\C/C=C\C/C=C\C/C=C\CCC(=O)OC(COCCC(C(=O)O)[N+](C)(C)C)COC(=O)CCCCCCCCCC/C=C\C/C=C\C/C=C\C/C=C\CC. The number of carbonyl (C=O) groups excluding carboxylic acids is 2. The molecular formula is C56H90NO7+. The van der Waals surface area contributed by atoms with Crippen molar-refractivity contribution in [3.63, 3.8) is 0 Å². The van der Waals surface area contributed by atoms with Crippen LogP contribution >= 0.6 is 0 Å². The molecule has 0 rings (SSSR count). The molecule has 8 heteroatoms. The molecule has 360 valence electrons. The van der Waals surface area contributed by atoms with E-state index in [1.807, 2.05) is 33.3 Å². The standard InChI is InChI=1S/C56H89NO7/c1-6-8-10-12-14-16-18-20-22-24-26-27-29-30-32-34-36-38-40-42-44-46-54(58)63-51-52(50-62-49-48-53(56(60)61)57(3,4)5)64-55(59)47-45-43-41-39-37-35-33-31-28-25-23-21-19-17-15-13-11-9-7-2/h8-11,14-17,20-23,26-28,31,35,37,41,43,52-53H,6-7,12-13,18-19,24-25,29-30,32-34,36,38-40,42,44-51H2,1-5H3/p+1/b10-8-,11-9-,16-14-,17-15-,22-20-,23-21-,27-26-,31-28-,37-35-,43-41-. The summed E-state index contributed by atoms with van der Waals surface area (Å²) in [7, 11) is 5.49. The van der Waals surface area contributed by atoms with Gasteiger partial charge in [-0.05, 0) is 89.9 Å². The van der Waals surface area contributed by atoms with E-state index in [-0.39, 0.29) is 36.7 Å². The first-order valence-corrected chi connectivity index (χ1v) is 24.6. The average Bonchev–Trinajstić information content (AvgIpc) is 3.26. The number of esters is 2. The van der Waals surface area contributed by atoms with Crippen LogP contribution in [-0.4, -0.2) is 80.6 Å². The first-order chi connectivity index (χ1) is 31.1. The number of quaternary nitrogens is 1. The second-order valence-electron chi connectivity index (χ2n) is 17.0. The van der Waals surface area contributed by atoms with Crippen molar-refractivity contribution in [1.82, 2.24) is 0 Å². The van der Waals surface area contributed by atoms with Crippen LogP contribution in [0.3, 0.4) is 0 Å². The van der Waals surface area contributed by atoms with Gasteiger partial charge in [0, 0.05) is 19.3 Å². The van der Waals surface area contributed by atoms with Gasteiger partial charge in [-0.2, -0.15) is 0 Å². The molecule has 0 bridgehead atoms. The van der Waals surface area contributed by atoms with E-state index < -0.39 is 24.1 Å². The lowest BCUT2D eigenvalue weighted by atomic mass is 10.1. The van der Waals surface area contributed by atoms with E-state index in [4.69, 9.17) is 14.2 Å². The Labute approximate surface area is 391 Å². The van der Waals surface area contributed by atoms with Crippen LogP contribution < -0.4 is 0 Å². The Kier molecular flexibility index (Phi) is 42.3. The van der Waals surface area contributed by atoms with Crippen LogP contribution in [0.5, 0.6) is 0 Å². The monoisotopic (exact) mass is 889 g/mol. The first kappa shape index (κ1) is 59.7. The number of allylic oxidation sites excluding steroid dienone is 20. The highest BCUT2D eigenvalue weighted by Crippen LogP contribution is 2.13. The molecule has 0 aromatic rings. The van der Waals surface area contributed by atoms with E-state index in [9.17, 15) is 19.5 Å². The topological polar surface area (TPSA) is 99.1 Å². The zero-order chi connectivity index (χ0) is 47.0. The lowest BCUT2D eigenvalue weighted by Gasteiger charge is -2.31. The maximum absolute atomic E-state index is 12.7.